The van der Waals surface area contributed by atoms with Crippen molar-refractivity contribution in [1.82, 2.24) is 0 Å². The fraction of sp³-hybridized carbons (Fsp3) is 0.333. The summed E-state index contributed by atoms with van der Waals surface area (Å²) >= 11 is 0. The molecule has 0 fully saturated rings. The number of rotatable bonds is 7. The molecule has 0 bridgehead atoms. The van der Waals surface area contributed by atoms with Crippen LogP contribution in [-0.4, -0.2) is 39.7 Å². The van der Waals surface area contributed by atoms with Crippen LogP contribution < -0.4 is 14.2 Å². The van der Waals surface area contributed by atoms with Crippen molar-refractivity contribution in [2.45, 2.75) is 19.3 Å². The summed E-state index contributed by atoms with van der Waals surface area (Å²) in [5, 5.41) is 0. The fourth-order valence-electron chi connectivity index (χ4n) is 3.79. The van der Waals surface area contributed by atoms with Crippen LogP contribution in [0.15, 0.2) is 48.5 Å². The lowest BCUT2D eigenvalue weighted by Gasteiger charge is -2.30. The van der Waals surface area contributed by atoms with Crippen LogP contribution in [0.4, 0.5) is 0 Å². The normalized spacial score (nSPS) is 18.4. The molecule has 3 rings (SSSR count). The predicted octanol–water partition coefficient (Wildman–Crippen LogP) is 4.03. The lowest BCUT2D eigenvalue weighted by atomic mass is 9.73. The number of esters is 1. The van der Waals surface area contributed by atoms with Gasteiger partial charge in [-0.05, 0) is 60.4 Å². The van der Waals surface area contributed by atoms with E-state index in [4.69, 9.17) is 18.9 Å². The monoisotopic (exact) mass is 410 g/mol. The fourth-order valence-corrected chi connectivity index (χ4v) is 3.79. The summed E-state index contributed by atoms with van der Waals surface area (Å²) in [5.41, 5.74) is 2.60. The average molecular weight is 410 g/mol. The first-order valence-corrected chi connectivity index (χ1v) is 9.79. The number of allylic oxidation sites excluding steroid dienone is 2. The van der Waals surface area contributed by atoms with Crippen LogP contribution >= 0.6 is 0 Å². The molecule has 0 heterocycles. The third-order valence-corrected chi connectivity index (χ3v) is 5.30. The Labute approximate surface area is 176 Å². The van der Waals surface area contributed by atoms with Crippen LogP contribution in [0.1, 0.15) is 30.4 Å². The van der Waals surface area contributed by atoms with E-state index in [-0.39, 0.29) is 18.3 Å². The number of hydrogen-bond acceptors (Lipinski definition) is 6. The zero-order chi connectivity index (χ0) is 21.7. The van der Waals surface area contributed by atoms with Gasteiger partial charge in [0.1, 0.15) is 11.7 Å². The van der Waals surface area contributed by atoms with Crippen molar-refractivity contribution in [2.24, 2.45) is 5.92 Å². The smallest absolute Gasteiger partial charge is 0.317 e. The van der Waals surface area contributed by atoms with Gasteiger partial charge in [0.05, 0.1) is 27.9 Å². The van der Waals surface area contributed by atoms with Gasteiger partial charge in [-0.1, -0.05) is 18.2 Å². The second-order valence-electron chi connectivity index (χ2n) is 6.96. The number of benzene rings is 2. The highest BCUT2D eigenvalue weighted by atomic mass is 16.5. The molecule has 0 saturated heterocycles. The summed E-state index contributed by atoms with van der Waals surface area (Å²) in [5.74, 6) is -0.170. The van der Waals surface area contributed by atoms with Gasteiger partial charge in [0, 0.05) is 5.92 Å². The van der Waals surface area contributed by atoms with Crippen molar-refractivity contribution in [3.05, 3.63) is 59.7 Å². The summed E-state index contributed by atoms with van der Waals surface area (Å²) in [6.07, 6.45) is 2.07. The zero-order valence-corrected chi connectivity index (χ0v) is 17.6. The summed E-state index contributed by atoms with van der Waals surface area (Å²) < 4.78 is 21.2. The van der Waals surface area contributed by atoms with Gasteiger partial charge in [-0.15, -0.1) is 0 Å². The molecule has 2 atom stereocenters. The first-order valence-electron chi connectivity index (χ1n) is 9.79. The van der Waals surface area contributed by atoms with Crippen LogP contribution in [0.2, 0.25) is 0 Å². The van der Waals surface area contributed by atoms with E-state index >= 15 is 0 Å². The van der Waals surface area contributed by atoms with Crippen LogP contribution in [0, 0.1) is 5.92 Å². The second kappa shape index (κ2) is 9.48. The molecule has 0 N–H and O–H groups in total. The standard InChI is InChI=1S/C24H26O6/c1-5-30-24(26)23-19(16-8-11-21(28-3)22(14-16)29-4)12-17(13-20(23)25)15-6-9-18(27-2)10-7-15/h6-11,13-14,19,23H,5,12H2,1-4H3/t19-,23-/m0/s1. The molecule has 0 aliphatic heterocycles. The van der Waals surface area contributed by atoms with E-state index in [1.165, 1.54) is 0 Å². The molecule has 6 heteroatoms. The molecule has 0 radical (unpaired) electrons. The van der Waals surface area contributed by atoms with Crippen molar-refractivity contribution < 1.29 is 28.5 Å². The molecule has 2 aromatic carbocycles. The van der Waals surface area contributed by atoms with Crippen LogP contribution in [-0.2, 0) is 14.3 Å². The van der Waals surface area contributed by atoms with Crippen molar-refractivity contribution in [2.75, 3.05) is 27.9 Å². The molecular weight excluding hydrogens is 384 g/mol. The summed E-state index contributed by atoms with van der Waals surface area (Å²) in [6.45, 7) is 1.95. The van der Waals surface area contributed by atoms with Gasteiger partial charge in [0.2, 0.25) is 0 Å². The highest BCUT2D eigenvalue weighted by Crippen LogP contribution is 2.42. The Morgan fingerprint density at radius 1 is 0.967 bits per heavy atom. The molecule has 1 aliphatic rings. The molecule has 30 heavy (non-hydrogen) atoms. The van der Waals surface area contributed by atoms with E-state index in [1.807, 2.05) is 36.4 Å². The Morgan fingerprint density at radius 2 is 1.67 bits per heavy atom. The van der Waals surface area contributed by atoms with Crippen molar-refractivity contribution in [1.29, 1.82) is 0 Å². The van der Waals surface area contributed by atoms with E-state index in [0.717, 1.165) is 22.4 Å². The van der Waals surface area contributed by atoms with Crippen LogP contribution in [0.25, 0.3) is 5.57 Å². The Kier molecular flexibility index (Phi) is 6.77. The lowest BCUT2D eigenvalue weighted by molar-refractivity contribution is -0.151. The van der Waals surface area contributed by atoms with Gasteiger partial charge in [0.25, 0.3) is 0 Å². The first kappa shape index (κ1) is 21.4. The van der Waals surface area contributed by atoms with E-state index in [1.54, 1.807) is 40.4 Å². The predicted molar refractivity (Wildman–Crippen MR) is 113 cm³/mol. The van der Waals surface area contributed by atoms with Gasteiger partial charge in [-0.2, -0.15) is 0 Å². The van der Waals surface area contributed by atoms with Crippen LogP contribution in [0.3, 0.4) is 0 Å². The minimum absolute atomic E-state index is 0.219. The molecule has 0 unspecified atom stereocenters. The molecule has 1 aliphatic carbocycles. The maximum atomic E-state index is 13.0. The summed E-state index contributed by atoms with van der Waals surface area (Å²) in [6, 6.07) is 13.0. The number of ketones is 1. The van der Waals surface area contributed by atoms with Crippen molar-refractivity contribution >= 4 is 17.3 Å². The maximum Gasteiger partial charge on any atom is 0.317 e. The molecular formula is C24H26O6. The largest absolute Gasteiger partial charge is 0.497 e. The minimum Gasteiger partial charge on any atom is -0.497 e. The number of carbonyl (C=O) groups is 2. The van der Waals surface area contributed by atoms with Gasteiger partial charge in [-0.3, -0.25) is 9.59 Å². The summed E-state index contributed by atoms with van der Waals surface area (Å²) in [4.78, 5) is 25.7. The molecule has 6 nitrogen and oxygen atoms in total. The molecule has 0 saturated carbocycles. The Balaban J connectivity index is 2.03. The summed E-state index contributed by atoms with van der Waals surface area (Å²) in [7, 11) is 4.72. The molecule has 0 spiro atoms. The molecule has 0 amide bonds. The van der Waals surface area contributed by atoms with Gasteiger partial charge in [-0.25, -0.2) is 0 Å². The minimum atomic E-state index is -0.898. The van der Waals surface area contributed by atoms with E-state index < -0.39 is 11.9 Å². The third kappa shape index (κ3) is 4.32. The first-order chi connectivity index (χ1) is 14.5. The quantitative estimate of drug-likeness (QED) is 0.507. The third-order valence-electron chi connectivity index (χ3n) is 5.30. The van der Waals surface area contributed by atoms with E-state index in [2.05, 4.69) is 0 Å². The Hall–Kier alpha value is -3.28. The van der Waals surface area contributed by atoms with Gasteiger partial charge >= 0.3 is 5.97 Å². The lowest BCUT2D eigenvalue weighted by Crippen LogP contribution is -2.34. The number of hydrogen-bond donors (Lipinski definition) is 0. The van der Waals surface area contributed by atoms with Gasteiger partial charge in [0.15, 0.2) is 17.3 Å². The molecule has 2 aromatic rings. The van der Waals surface area contributed by atoms with E-state index in [0.29, 0.717) is 17.9 Å². The van der Waals surface area contributed by atoms with E-state index in [9.17, 15) is 9.59 Å². The molecule has 158 valence electrons. The van der Waals surface area contributed by atoms with Crippen LogP contribution in [0.5, 0.6) is 17.2 Å². The SMILES string of the molecule is CCOC(=O)[C@@H]1C(=O)C=C(c2ccc(OC)cc2)C[C@H]1c1ccc(OC)c(OC)c1. The average Bonchev–Trinajstić information content (AvgIpc) is 2.78. The number of carbonyl (C=O) groups excluding carboxylic acids is 2. The van der Waals surface area contributed by atoms with Gasteiger partial charge < -0.3 is 18.9 Å². The number of ether oxygens (including phenoxy) is 4. The maximum absolute atomic E-state index is 13.0. The topological polar surface area (TPSA) is 71.1 Å². The molecule has 0 aromatic heterocycles. The zero-order valence-electron chi connectivity index (χ0n) is 17.6. The highest BCUT2D eigenvalue weighted by molar-refractivity contribution is 6.10. The van der Waals surface area contributed by atoms with Crippen molar-refractivity contribution in [3.8, 4) is 17.2 Å². The Morgan fingerprint density at radius 3 is 2.27 bits per heavy atom. The Bertz CT molecular complexity index is 945. The second-order valence-corrected chi connectivity index (χ2v) is 6.96. The highest BCUT2D eigenvalue weighted by Gasteiger charge is 2.40. The van der Waals surface area contributed by atoms with Crippen molar-refractivity contribution in [3.63, 3.8) is 0 Å². The number of methoxy groups -OCH3 is 3.